The molecular weight excluding hydrogens is 361 g/mol. The lowest BCUT2D eigenvalue weighted by molar-refractivity contribution is -0.159. The van der Waals surface area contributed by atoms with Gasteiger partial charge in [0, 0.05) is 23.2 Å². The van der Waals surface area contributed by atoms with Gasteiger partial charge < -0.3 is 15.6 Å². The zero-order valence-electron chi connectivity index (χ0n) is 14.4. The minimum Gasteiger partial charge on any atom is -0.349 e. The van der Waals surface area contributed by atoms with Crippen LogP contribution in [0.25, 0.3) is 11.4 Å². The molecule has 9 heteroatoms. The summed E-state index contributed by atoms with van der Waals surface area (Å²) in [5, 5.41) is 6.45. The van der Waals surface area contributed by atoms with Crippen LogP contribution in [-0.2, 0) is 6.18 Å². The summed E-state index contributed by atoms with van der Waals surface area (Å²) in [5.41, 5.74) is 6.84. The monoisotopic (exact) mass is 380 g/mol. The summed E-state index contributed by atoms with van der Waals surface area (Å²) in [6.45, 7) is 0. The Bertz CT molecular complexity index is 820. The number of carbonyl (C=O) groups excluding carboxylic acids is 1. The molecule has 6 nitrogen and oxygen atoms in total. The van der Waals surface area contributed by atoms with E-state index in [1.165, 1.54) is 12.1 Å². The van der Waals surface area contributed by atoms with Crippen molar-refractivity contribution in [2.45, 2.75) is 43.9 Å². The Morgan fingerprint density at radius 1 is 1.15 bits per heavy atom. The van der Waals surface area contributed by atoms with E-state index in [2.05, 4.69) is 20.0 Å². The lowest BCUT2D eigenvalue weighted by Crippen LogP contribution is -2.47. The van der Waals surface area contributed by atoms with Crippen LogP contribution in [0.3, 0.4) is 0 Å². The van der Waals surface area contributed by atoms with Crippen molar-refractivity contribution in [3.05, 3.63) is 35.7 Å². The molecule has 2 aromatic rings. The first-order valence-electron chi connectivity index (χ1n) is 8.89. The molecular formula is C18H19F3N4O2. The number of alkyl halides is 3. The molecule has 2 fully saturated rings. The van der Waals surface area contributed by atoms with Crippen LogP contribution in [0, 0.1) is 11.8 Å². The van der Waals surface area contributed by atoms with Crippen molar-refractivity contribution in [1.29, 1.82) is 0 Å². The van der Waals surface area contributed by atoms with E-state index in [4.69, 9.17) is 5.73 Å². The number of hydrogen-bond acceptors (Lipinski definition) is 5. The smallest absolute Gasteiger partial charge is 0.349 e. The Labute approximate surface area is 153 Å². The third-order valence-corrected chi connectivity index (χ3v) is 5.51. The highest BCUT2D eigenvalue weighted by molar-refractivity contribution is 5.94. The number of fused-ring (bicyclic) bond motifs is 2. The molecule has 2 unspecified atom stereocenters. The highest BCUT2D eigenvalue weighted by Crippen LogP contribution is 2.41. The van der Waals surface area contributed by atoms with Gasteiger partial charge in [0.05, 0.1) is 0 Å². The molecule has 2 atom stereocenters. The average Bonchev–Trinajstić information content (AvgIpc) is 3.19. The number of nitrogens with one attached hydrogen (secondary N) is 1. The van der Waals surface area contributed by atoms with Crippen LogP contribution in [0.1, 0.15) is 41.9 Å². The van der Waals surface area contributed by atoms with Crippen molar-refractivity contribution in [3.8, 4) is 11.4 Å². The van der Waals surface area contributed by atoms with E-state index in [1.54, 1.807) is 12.1 Å². The number of benzene rings is 1. The SMILES string of the molecule is NC1CC2CCC(C1)C2NC(=O)c1ccc(-c2noc(C(F)(F)F)n2)cc1. The number of aromatic nitrogens is 2. The van der Waals surface area contributed by atoms with Crippen molar-refractivity contribution in [3.63, 3.8) is 0 Å². The van der Waals surface area contributed by atoms with Crippen LogP contribution in [0.15, 0.2) is 28.8 Å². The number of hydrogen-bond donors (Lipinski definition) is 2. The number of carbonyl (C=O) groups is 1. The molecule has 0 radical (unpaired) electrons. The predicted octanol–water partition coefficient (Wildman–Crippen LogP) is 3.00. The summed E-state index contributed by atoms with van der Waals surface area (Å²) < 4.78 is 41.9. The summed E-state index contributed by atoms with van der Waals surface area (Å²) in [5.74, 6) is -0.925. The van der Waals surface area contributed by atoms with Gasteiger partial charge in [-0.3, -0.25) is 4.79 Å². The van der Waals surface area contributed by atoms with Gasteiger partial charge in [-0.2, -0.15) is 18.2 Å². The molecule has 27 heavy (non-hydrogen) atoms. The van der Waals surface area contributed by atoms with Gasteiger partial charge in [-0.15, -0.1) is 0 Å². The zero-order chi connectivity index (χ0) is 19.2. The maximum absolute atomic E-state index is 12.6. The molecule has 3 N–H and O–H groups in total. The number of halogens is 3. The third-order valence-electron chi connectivity index (χ3n) is 5.51. The second kappa shape index (κ2) is 6.63. The molecule has 2 aliphatic rings. The predicted molar refractivity (Wildman–Crippen MR) is 89.4 cm³/mol. The van der Waals surface area contributed by atoms with E-state index < -0.39 is 12.1 Å². The average molecular weight is 380 g/mol. The molecule has 144 valence electrons. The van der Waals surface area contributed by atoms with Gasteiger partial charge in [-0.1, -0.05) is 17.3 Å². The van der Waals surface area contributed by atoms with Crippen LogP contribution in [0.2, 0.25) is 0 Å². The quantitative estimate of drug-likeness (QED) is 0.854. The van der Waals surface area contributed by atoms with Crippen molar-refractivity contribution in [2.24, 2.45) is 17.6 Å². The van der Waals surface area contributed by atoms with Crippen LogP contribution in [0.5, 0.6) is 0 Å². The normalized spacial score (nSPS) is 27.6. The van der Waals surface area contributed by atoms with Gasteiger partial charge in [0.25, 0.3) is 5.91 Å². The Balaban J connectivity index is 1.45. The first-order chi connectivity index (χ1) is 12.8. The summed E-state index contributed by atoms with van der Waals surface area (Å²) in [4.78, 5) is 15.9. The number of rotatable bonds is 3. The lowest BCUT2D eigenvalue weighted by atomic mass is 9.81. The minimum atomic E-state index is -4.69. The van der Waals surface area contributed by atoms with Crippen LogP contribution >= 0.6 is 0 Å². The Kier molecular flexibility index (Phi) is 4.41. The van der Waals surface area contributed by atoms with E-state index in [0.717, 1.165) is 25.7 Å². The molecule has 1 aromatic heterocycles. The first kappa shape index (κ1) is 18.0. The van der Waals surface area contributed by atoms with Gasteiger partial charge in [0.1, 0.15) is 0 Å². The number of nitrogens with zero attached hydrogens (tertiary/aromatic N) is 2. The van der Waals surface area contributed by atoms with Crippen LogP contribution in [0.4, 0.5) is 13.2 Å². The summed E-state index contributed by atoms with van der Waals surface area (Å²) in [7, 11) is 0. The standard InChI is InChI=1S/C18H19F3N4O2/c19-18(20,21)17-24-15(25-27-17)9-1-3-10(4-2-9)16(26)23-14-11-5-6-12(14)8-13(22)7-11/h1-4,11-14H,5-8,22H2,(H,23,26). The molecule has 2 bridgehead atoms. The second-order valence-corrected chi connectivity index (χ2v) is 7.33. The molecule has 0 spiro atoms. The Morgan fingerprint density at radius 3 is 2.33 bits per heavy atom. The fourth-order valence-corrected chi connectivity index (χ4v) is 4.27. The highest BCUT2D eigenvalue weighted by Gasteiger charge is 2.42. The van der Waals surface area contributed by atoms with Crippen molar-refractivity contribution >= 4 is 5.91 Å². The van der Waals surface area contributed by atoms with E-state index in [1.807, 2.05) is 0 Å². The lowest BCUT2D eigenvalue weighted by Gasteiger charge is -2.34. The summed E-state index contributed by atoms with van der Waals surface area (Å²) in [6, 6.07) is 6.46. The molecule has 1 heterocycles. The van der Waals surface area contributed by atoms with Gasteiger partial charge in [0.2, 0.25) is 5.82 Å². The largest absolute Gasteiger partial charge is 0.471 e. The highest BCUT2D eigenvalue weighted by atomic mass is 19.4. The fourth-order valence-electron chi connectivity index (χ4n) is 4.27. The minimum absolute atomic E-state index is 0.142. The van der Waals surface area contributed by atoms with Gasteiger partial charge in [-0.25, -0.2) is 0 Å². The van der Waals surface area contributed by atoms with Gasteiger partial charge in [-0.05, 0) is 49.7 Å². The maximum Gasteiger partial charge on any atom is 0.471 e. The molecule has 0 saturated heterocycles. The summed E-state index contributed by atoms with van der Waals surface area (Å²) >= 11 is 0. The fraction of sp³-hybridized carbons (Fsp3) is 0.500. The van der Waals surface area contributed by atoms with Gasteiger partial charge >= 0.3 is 12.1 Å². The number of nitrogens with two attached hydrogens (primary N) is 1. The Hall–Kier alpha value is -2.42. The second-order valence-electron chi connectivity index (χ2n) is 7.33. The van der Waals surface area contributed by atoms with E-state index in [-0.39, 0.29) is 23.8 Å². The topological polar surface area (TPSA) is 94.0 Å². The summed E-state index contributed by atoms with van der Waals surface area (Å²) in [6.07, 6.45) is -0.657. The molecule has 1 amide bonds. The zero-order valence-corrected chi connectivity index (χ0v) is 14.4. The molecule has 4 rings (SSSR count). The van der Waals surface area contributed by atoms with Crippen molar-refractivity contribution < 1.29 is 22.5 Å². The molecule has 0 aliphatic heterocycles. The van der Waals surface area contributed by atoms with Crippen molar-refractivity contribution in [1.82, 2.24) is 15.5 Å². The first-order valence-corrected chi connectivity index (χ1v) is 8.89. The third kappa shape index (κ3) is 3.55. The van der Waals surface area contributed by atoms with Crippen LogP contribution in [-0.4, -0.2) is 28.1 Å². The van der Waals surface area contributed by atoms with E-state index in [9.17, 15) is 18.0 Å². The molecule has 1 aromatic carbocycles. The Morgan fingerprint density at radius 2 is 1.78 bits per heavy atom. The van der Waals surface area contributed by atoms with Crippen LogP contribution < -0.4 is 11.1 Å². The molecule has 2 saturated carbocycles. The number of amides is 1. The van der Waals surface area contributed by atoms with Crippen molar-refractivity contribution in [2.75, 3.05) is 0 Å². The maximum atomic E-state index is 12.6. The van der Waals surface area contributed by atoms with E-state index in [0.29, 0.717) is 23.0 Å². The molecule has 2 aliphatic carbocycles. The van der Waals surface area contributed by atoms with E-state index >= 15 is 0 Å². The van der Waals surface area contributed by atoms with Gasteiger partial charge in [0.15, 0.2) is 0 Å².